The molecular weight excluding hydrogens is 264 g/mol. The van der Waals surface area contributed by atoms with E-state index in [1.807, 2.05) is 13.1 Å². The molecule has 0 fully saturated rings. The van der Waals surface area contributed by atoms with Gasteiger partial charge in [-0.15, -0.1) is 21.5 Å². The van der Waals surface area contributed by atoms with Crippen molar-refractivity contribution in [3.63, 3.8) is 0 Å². The Morgan fingerprint density at radius 1 is 1.28 bits per heavy atom. The van der Waals surface area contributed by atoms with Gasteiger partial charge in [-0.1, -0.05) is 25.2 Å². The fraction of sp³-hybridized carbons (Fsp3) is 0.583. The van der Waals surface area contributed by atoms with Crippen molar-refractivity contribution in [1.82, 2.24) is 20.5 Å². The van der Waals surface area contributed by atoms with Gasteiger partial charge in [0.25, 0.3) is 0 Å². The molecule has 0 saturated carbocycles. The third-order valence-corrected chi connectivity index (χ3v) is 4.74. The number of rotatable bonds is 6. The summed E-state index contributed by atoms with van der Waals surface area (Å²) in [6.07, 6.45) is 4.05. The first-order valence-electron chi connectivity index (χ1n) is 6.24. The molecule has 0 aliphatic carbocycles. The minimum Gasteiger partial charge on any atom is -0.308 e. The second-order valence-electron chi connectivity index (χ2n) is 4.10. The topological polar surface area (TPSA) is 50.7 Å². The van der Waals surface area contributed by atoms with E-state index >= 15 is 0 Å². The molecule has 98 valence electrons. The van der Waals surface area contributed by atoms with Gasteiger partial charge in [0, 0.05) is 6.20 Å². The molecule has 4 nitrogen and oxygen atoms in total. The Balaban J connectivity index is 2.13. The van der Waals surface area contributed by atoms with Crippen LogP contribution < -0.4 is 5.32 Å². The van der Waals surface area contributed by atoms with Crippen molar-refractivity contribution in [2.75, 3.05) is 6.54 Å². The monoisotopic (exact) mass is 282 g/mol. The first kappa shape index (κ1) is 13.6. The molecule has 0 aromatic carbocycles. The van der Waals surface area contributed by atoms with Crippen molar-refractivity contribution >= 4 is 22.7 Å². The van der Waals surface area contributed by atoms with Gasteiger partial charge in [0.05, 0.1) is 15.9 Å². The van der Waals surface area contributed by atoms with Crippen LogP contribution in [0.15, 0.2) is 6.20 Å². The predicted molar refractivity (Wildman–Crippen MR) is 77.1 cm³/mol. The smallest absolute Gasteiger partial charge is 0.159 e. The highest BCUT2D eigenvalue weighted by atomic mass is 32.1. The van der Waals surface area contributed by atoms with Crippen LogP contribution in [0.4, 0.5) is 0 Å². The van der Waals surface area contributed by atoms with Crippen LogP contribution in [0.3, 0.4) is 0 Å². The summed E-state index contributed by atoms with van der Waals surface area (Å²) in [6, 6.07) is 0.324. The Morgan fingerprint density at radius 3 is 2.72 bits per heavy atom. The molecule has 0 saturated heterocycles. The van der Waals surface area contributed by atoms with E-state index in [0.29, 0.717) is 6.04 Å². The van der Waals surface area contributed by atoms with Crippen LogP contribution in [0.5, 0.6) is 0 Å². The van der Waals surface area contributed by atoms with Gasteiger partial charge in [0.2, 0.25) is 0 Å². The van der Waals surface area contributed by atoms with Crippen molar-refractivity contribution in [2.45, 2.75) is 39.7 Å². The summed E-state index contributed by atoms with van der Waals surface area (Å²) in [5, 5.41) is 15.2. The van der Waals surface area contributed by atoms with E-state index in [4.69, 9.17) is 0 Å². The molecule has 2 heterocycles. The maximum Gasteiger partial charge on any atom is 0.159 e. The van der Waals surface area contributed by atoms with Crippen LogP contribution in [-0.4, -0.2) is 21.7 Å². The largest absolute Gasteiger partial charge is 0.308 e. The second-order valence-corrected chi connectivity index (χ2v) is 6.35. The lowest BCUT2D eigenvalue weighted by atomic mass is 10.2. The molecule has 1 atom stereocenters. The van der Waals surface area contributed by atoms with Crippen molar-refractivity contribution in [1.29, 1.82) is 0 Å². The lowest BCUT2D eigenvalue weighted by Crippen LogP contribution is -2.21. The number of hydrogen-bond acceptors (Lipinski definition) is 6. The highest BCUT2D eigenvalue weighted by Gasteiger charge is 2.15. The van der Waals surface area contributed by atoms with Gasteiger partial charge in [-0.2, -0.15) is 0 Å². The summed E-state index contributed by atoms with van der Waals surface area (Å²) >= 11 is 3.34. The molecule has 0 bridgehead atoms. The first-order chi connectivity index (χ1) is 8.74. The molecule has 6 heteroatoms. The van der Waals surface area contributed by atoms with Crippen LogP contribution in [0.25, 0.3) is 9.88 Å². The molecule has 0 aliphatic rings. The summed E-state index contributed by atoms with van der Waals surface area (Å²) in [7, 11) is 0. The van der Waals surface area contributed by atoms with Crippen LogP contribution in [-0.2, 0) is 0 Å². The van der Waals surface area contributed by atoms with Gasteiger partial charge < -0.3 is 5.32 Å². The highest BCUT2D eigenvalue weighted by Crippen LogP contribution is 2.31. The lowest BCUT2D eigenvalue weighted by molar-refractivity contribution is 0.513. The van der Waals surface area contributed by atoms with Crippen LogP contribution in [0.2, 0.25) is 0 Å². The standard InChI is InChI=1S/C12H18N4S2/c1-4-6-13-9(5-2)11-15-16-12(18-11)10-7-14-8(3)17-10/h7,9,13H,4-6H2,1-3H3. The normalized spacial score (nSPS) is 12.8. The summed E-state index contributed by atoms with van der Waals surface area (Å²) in [6.45, 7) is 7.37. The summed E-state index contributed by atoms with van der Waals surface area (Å²) in [5.41, 5.74) is 0. The van der Waals surface area contributed by atoms with Crippen LogP contribution in [0, 0.1) is 6.92 Å². The molecule has 1 N–H and O–H groups in total. The average molecular weight is 282 g/mol. The second kappa shape index (κ2) is 6.36. The molecule has 0 radical (unpaired) electrons. The maximum atomic E-state index is 4.31. The SMILES string of the molecule is CCCNC(CC)c1nnc(-c2cnc(C)s2)s1. The van der Waals surface area contributed by atoms with Gasteiger partial charge in [-0.3, -0.25) is 0 Å². The molecule has 2 aromatic rings. The van der Waals surface area contributed by atoms with Crippen molar-refractivity contribution in [3.05, 3.63) is 16.2 Å². The Hall–Kier alpha value is -0.850. The minimum absolute atomic E-state index is 0.324. The molecule has 18 heavy (non-hydrogen) atoms. The van der Waals surface area contributed by atoms with E-state index < -0.39 is 0 Å². The fourth-order valence-electron chi connectivity index (χ4n) is 1.66. The minimum atomic E-state index is 0.324. The maximum absolute atomic E-state index is 4.31. The van der Waals surface area contributed by atoms with E-state index in [2.05, 4.69) is 34.3 Å². The lowest BCUT2D eigenvalue weighted by Gasteiger charge is -2.12. The fourth-order valence-corrected chi connectivity index (χ4v) is 3.47. The zero-order valence-electron chi connectivity index (χ0n) is 10.9. The summed E-state index contributed by atoms with van der Waals surface area (Å²) < 4.78 is 0. The quantitative estimate of drug-likeness (QED) is 0.882. The van der Waals surface area contributed by atoms with Crippen molar-refractivity contribution < 1.29 is 0 Å². The van der Waals surface area contributed by atoms with Gasteiger partial charge in [-0.25, -0.2) is 4.98 Å². The number of thiazole rings is 1. The van der Waals surface area contributed by atoms with Crippen LogP contribution in [0.1, 0.15) is 42.7 Å². The number of aryl methyl sites for hydroxylation is 1. The number of nitrogens with zero attached hydrogens (tertiary/aromatic N) is 3. The van der Waals surface area contributed by atoms with E-state index in [0.717, 1.165) is 39.3 Å². The van der Waals surface area contributed by atoms with Crippen molar-refractivity contribution in [2.24, 2.45) is 0 Å². The van der Waals surface area contributed by atoms with E-state index in [1.165, 1.54) is 0 Å². The molecule has 0 amide bonds. The number of aromatic nitrogens is 3. The van der Waals surface area contributed by atoms with E-state index in [-0.39, 0.29) is 0 Å². The third kappa shape index (κ3) is 3.13. The van der Waals surface area contributed by atoms with E-state index in [1.54, 1.807) is 22.7 Å². The highest BCUT2D eigenvalue weighted by molar-refractivity contribution is 7.21. The Bertz CT molecular complexity index is 492. The molecule has 0 spiro atoms. The van der Waals surface area contributed by atoms with Gasteiger partial charge in [-0.05, 0) is 26.3 Å². The third-order valence-electron chi connectivity index (χ3n) is 2.62. The zero-order valence-corrected chi connectivity index (χ0v) is 12.6. The molecule has 2 rings (SSSR count). The summed E-state index contributed by atoms with van der Waals surface area (Å²) in [4.78, 5) is 5.37. The van der Waals surface area contributed by atoms with E-state index in [9.17, 15) is 0 Å². The number of hydrogen-bond donors (Lipinski definition) is 1. The average Bonchev–Trinajstić information content (AvgIpc) is 2.99. The van der Waals surface area contributed by atoms with Crippen molar-refractivity contribution in [3.8, 4) is 9.88 Å². The van der Waals surface area contributed by atoms with Gasteiger partial charge in [0.15, 0.2) is 5.01 Å². The first-order valence-corrected chi connectivity index (χ1v) is 7.87. The zero-order chi connectivity index (χ0) is 13.0. The Kier molecular flexibility index (Phi) is 4.79. The number of nitrogens with one attached hydrogen (secondary N) is 1. The Labute approximate surface area is 116 Å². The van der Waals surface area contributed by atoms with Gasteiger partial charge >= 0.3 is 0 Å². The molecule has 0 aliphatic heterocycles. The Morgan fingerprint density at radius 2 is 2.11 bits per heavy atom. The predicted octanol–water partition coefficient (Wildman–Crippen LogP) is 3.42. The summed E-state index contributed by atoms with van der Waals surface area (Å²) in [5.74, 6) is 0. The van der Waals surface area contributed by atoms with Crippen LogP contribution >= 0.6 is 22.7 Å². The molecular formula is C12H18N4S2. The van der Waals surface area contributed by atoms with Gasteiger partial charge in [0.1, 0.15) is 5.01 Å². The molecule has 2 aromatic heterocycles. The molecule has 1 unspecified atom stereocenters.